The predicted molar refractivity (Wildman–Crippen MR) is 72.3 cm³/mol. The van der Waals surface area contributed by atoms with Crippen LogP contribution in [0.15, 0.2) is 12.3 Å². The highest BCUT2D eigenvalue weighted by Gasteiger charge is 2.18. The van der Waals surface area contributed by atoms with Crippen LogP contribution in [0.2, 0.25) is 0 Å². The molecule has 0 radical (unpaired) electrons. The molecule has 0 bridgehead atoms. The van der Waals surface area contributed by atoms with Gasteiger partial charge in [-0.3, -0.25) is 4.90 Å². The van der Waals surface area contributed by atoms with Crippen LogP contribution in [0.3, 0.4) is 0 Å². The maximum atomic E-state index is 6.03. The van der Waals surface area contributed by atoms with Crippen molar-refractivity contribution in [2.24, 2.45) is 0 Å². The highest BCUT2D eigenvalue weighted by molar-refractivity contribution is 5.63. The van der Waals surface area contributed by atoms with Crippen LogP contribution in [0.4, 0.5) is 11.5 Å². The number of anilines is 2. The van der Waals surface area contributed by atoms with E-state index in [2.05, 4.69) is 21.7 Å². The smallest absolute Gasteiger partial charge is 0.151 e. The molecular weight excluding hydrogens is 212 g/mol. The number of nitrogen functional groups attached to an aromatic ring is 1. The SMILES string of the molecule is CCCN1CCN(c2ncc(C)cc2N)CC1. The standard InChI is InChI=1S/C13H22N4/c1-3-4-16-5-7-17(8-6-16)13-12(14)9-11(2)10-15-13/h9-10H,3-8,14H2,1-2H3. The van der Waals surface area contributed by atoms with Crippen molar-refractivity contribution in [2.45, 2.75) is 20.3 Å². The van der Waals surface area contributed by atoms with Gasteiger partial charge in [0.2, 0.25) is 0 Å². The predicted octanol–water partition coefficient (Wildman–Crippen LogP) is 1.50. The zero-order valence-corrected chi connectivity index (χ0v) is 10.8. The first-order chi connectivity index (χ1) is 8.20. The lowest BCUT2D eigenvalue weighted by atomic mass is 10.2. The third kappa shape index (κ3) is 2.88. The molecule has 0 amide bonds. The van der Waals surface area contributed by atoms with E-state index in [1.54, 1.807) is 0 Å². The second kappa shape index (κ2) is 5.36. The number of aromatic nitrogens is 1. The third-order valence-electron chi connectivity index (χ3n) is 3.24. The number of nitrogens with two attached hydrogens (primary N) is 1. The van der Waals surface area contributed by atoms with Crippen molar-refractivity contribution in [1.82, 2.24) is 9.88 Å². The van der Waals surface area contributed by atoms with Crippen molar-refractivity contribution >= 4 is 11.5 Å². The van der Waals surface area contributed by atoms with Crippen molar-refractivity contribution < 1.29 is 0 Å². The quantitative estimate of drug-likeness (QED) is 0.861. The van der Waals surface area contributed by atoms with E-state index in [-0.39, 0.29) is 0 Å². The summed E-state index contributed by atoms with van der Waals surface area (Å²) in [6, 6.07) is 2.00. The second-order valence-electron chi connectivity index (χ2n) is 4.75. The van der Waals surface area contributed by atoms with Gasteiger partial charge in [-0.2, -0.15) is 0 Å². The molecule has 0 saturated carbocycles. The van der Waals surface area contributed by atoms with Gasteiger partial charge in [-0.1, -0.05) is 6.92 Å². The van der Waals surface area contributed by atoms with Crippen LogP contribution in [0.1, 0.15) is 18.9 Å². The molecule has 4 nitrogen and oxygen atoms in total. The molecule has 1 saturated heterocycles. The highest BCUT2D eigenvalue weighted by Crippen LogP contribution is 2.22. The summed E-state index contributed by atoms with van der Waals surface area (Å²) >= 11 is 0. The Hall–Kier alpha value is -1.29. The monoisotopic (exact) mass is 234 g/mol. The number of piperazine rings is 1. The van der Waals surface area contributed by atoms with Crippen molar-refractivity contribution in [3.8, 4) is 0 Å². The van der Waals surface area contributed by atoms with Gasteiger partial charge in [-0.05, 0) is 31.5 Å². The normalized spacial score (nSPS) is 17.4. The van der Waals surface area contributed by atoms with Gasteiger partial charge in [-0.15, -0.1) is 0 Å². The Morgan fingerprint density at radius 1 is 1.29 bits per heavy atom. The van der Waals surface area contributed by atoms with Crippen LogP contribution >= 0.6 is 0 Å². The first-order valence-electron chi connectivity index (χ1n) is 6.40. The van der Waals surface area contributed by atoms with Gasteiger partial charge in [0.25, 0.3) is 0 Å². The lowest BCUT2D eigenvalue weighted by Crippen LogP contribution is -2.47. The Balaban J connectivity index is 2.00. The molecule has 4 heteroatoms. The van der Waals surface area contributed by atoms with Crippen molar-refractivity contribution in [3.05, 3.63) is 17.8 Å². The molecule has 94 valence electrons. The molecule has 0 aliphatic carbocycles. The molecule has 1 aromatic heterocycles. The minimum Gasteiger partial charge on any atom is -0.396 e. The van der Waals surface area contributed by atoms with Crippen molar-refractivity contribution in [1.29, 1.82) is 0 Å². The fourth-order valence-electron chi connectivity index (χ4n) is 2.35. The first kappa shape index (κ1) is 12.2. The summed E-state index contributed by atoms with van der Waals surface area (Å²) in [7, 11) is 0. The topological polar surface area (TPSA) is 45.4 Å². The Morgan fingerprint density at radius 2 is 2.00 bits per heavy atom. The van der Waals surface area contributed by atoms with Crippen LogP contribution in [-0.4, -0.2) is 42.6 Å². The van der Waals surface area contributed by atoms with Gasteiger partial charge in [0.05, 0.1) is 5.69 Å². The zero-order chi connectivity index (χ0) is 12.3. The van der Waals surface area contributed by atoms with E-state index in [0.29, 0.717) is 0 Å². The van der Waals surface area contributed by atoms with Gasteiger partial charge in [0.15, 0.2) is 5.82 Å². The summed E-state index contributed by atoms with van der Waals surface area (Å²) in [6.07, 6.45) is 3.12. The molecule has 2 rings (SSSR count). The lowest BCUT2D eigenvalue weighted by Gasteiger charge is -2.35. The van der Waals surface area contributed by atoms with E-state index in [9.17, 15) is 0 Å². The van der Waals surface area contributed by atoms with Crippen molar-refractivity contribution in [2.75, 3.05) is 43.4 Å². The third-order valence-corrected chi connectivity index (χ3v) is 3.24. The van der Waals surface area contributed by atoms with Gasteiger partial charge in [-0.25, -0.2) is 4.98 Å². The van der Waals surface area contributed by atoms with E-state index in [1.165, 1.54) is 13.0 Å². The van der Waals surface area contributed by atoms with E-state index < -0.39 is 0 Å². The Kier molecular flexibility index (Phi) is 3.84. The largest absolute Gasteiger partial charge is 0.396 e. The van der Waals surface area contributed by atoms with Crippen LogP contribution in [0, 0.1) is 6.92 Å². The van der Waals surface area contributed by atoms with Crippen LogP contribution in [-0.2, 0) is 0 Å². The van der Waals surface area contributed by atoms with Gasteiger partial charge >= 0.3 is 0 Å². The molecule has 1 aliphatic heterocycles. The number of nitrogens with zero attached hydrogens (tertiary/aromatic N) is 3. The molecule has 0 atom stereocenters. The average Bonchev–Trinajstić information content (AvgIpc) is 2.31. The summed E-state index contributed by atoms with van der Waals surface area (Å²) in [4.78, 5) is 9.25. The number of aryl methyl sites for hydroxylation is 1. The number of pyridine rings is 1. The van der Waals surface area contributed by atoms with Crippen LogP contribution in [0.5, 0.6) is 0 Å². The molecule has 2 heterocycles. The molecule has 0 spiro atoms. The minimum absolute atomic E-state index is 0.800. The van der Waals surface area contributed by atoms with Gasteiger partial charge in [0, 0.05) is 32.4 Å². The summed E-state index contributed by atoms with van der Waals surface area (Å²) in [6.45, 7) is 9.73. The molecular formula is C13H22N4. The fraction of sp³-hybridized carbons (Fsp3) is 0.615. The van der Waals surface area contributed by atoms with Crippen molar-refractivity contribution in [3.63, 3.8) is 0 Å². The van der Waals surface area contributed by atoms with E-state index >= 15 is 0 Å². The number of hydrogen-bond donors (Lipinski definition) is 1. The zero-order valence-electron chi connectivity index (χ0n) is 10.8. The summed E-state index contributed by atoms with van der Waals surface area (Å²) in [5.41, 5.74) is 7.95. The summed E-state index contributed by atoms with van der Waals surface area (Å²) in [5, 5.41) is 0. The highest BCUT2D eigenvalue weighted by atomic mass is 15.3. The average molecular weight is 234 g/mol. The fourth-order valence-corrected chi connectivity index (χ4v) is 2.35. The minimum atomic E-state index is 0.800. The van der Waals surface area contributed by atoms with E-state index in [1.807, 2.05) is 19.2 Å². The molecule has 17 heavy (non-hydrogen) atoms. The molecule has 1 aromatic rings. The molecule has 1 fully saturated rings. The Morgan fingerprint density at radius 3 is 2.59 bits per heavy atom. The summed E-state index contributed by atoms with van der Waals surface area (Å²) < 4.78 is 0. The summed E-state index contributed by atoms with van der Waals surface area (Å²) in [5.74, 6) is 0.951. The molecule has 0 aromatic carbocycles. The number of hydrogen-bond acceptors (Lipinski definition) is 4. The Bertz CT molecular complexity index is 370. The van der Waals surface area contributed by atoms with E-state index in [4.69, 9.17) is 5.73 Å². The maximum Gasteiger partial charge on any atom is 0.151 e. The molecule has 2 N–H and O–H groups in total. The van der Waals surface area contributed by atoms with Crippen LogP contribution < -0.4 is 10.6 Å². The van der Waals surface area contributed by atoms with Gasteiger partial charge < -0.3 is 10.6 Å². The number of rotatable bonds is 3. The maximum absolute atomic E-state index is 6.03. The molecule has 0 unspecified atom stereocenters. The van der Waals surface area contributed by atoms with Crippen LogP contribution in [0.25, 0.3) is 0 Å². The van der Waals surface area contributed by atoms with E-state index in [0.717, 1.165) is 43.2 Å². The lowest BCUT2D eigenvalue weighted by molar-refractivity contribution is 0.258. The second-order valence-corrected chi connectivity index (χ2v) is 4.75. The Labute approximate surface area is 103 Å². The van der Waals surface area contributed by atoms with Gasteiger partial charge in [0.1, 0.15) is 0 Å². The first-order valence-corrected chi connectivity index (χ1v) is 6.40. The molecule has 1 aliphatic rings.